The van der Waals surface area contributed by atoms with Gasteiger partial charge in [-0.15, -0.1) is 0 Å². The number of carbonyl (C=O) groups is 1. The maximum absolute atomic E-state index is 12.4. The van der Waals surface area contributed by atoms with E-state index in [1.165, 1.54) is 36.8 Å². The van der Waals surface area contributed by atoms with E-state index in [1.54, 1.807) is 0 Å². The maximum Gasteiger partial charge on any atom is 0.230 e. The Hall–Kier alpha value is -1.57. The fourth-order valence-electron chi connectivity index (χ4n) is 3.17. The summed E-state index contributed by atoms with van der Waals surface area (Å²) >= 11 is 0. The molecular formula is C18H23NO. The fraction of sp³-hybridized carbons (Fsp3) is 0.500. The van der Waals surface area contributed by atoms with Crippen molar-refractivity contribution < 1.29 is 4.79 Å². The van der Waals surface area contributed by atoms with Crippen LogP contribution in [0.15, 0.2) is 42.0 Å². The van der Waals surface area contributed by atoms with Gasteiger partial charge in [-0.25, -0.2) is 0 Å². The number of hydrogen-bond acceptors (Lipinski definition) is 1. The molecule has 0 aliphatic heterocycles. The van der Waals surface area contributed by atoms with Gasteiger partial charge >= 0.3 is 0 Å². The molecule has 0 saturated heterocycles. The Kier molecular flexibility index (Phi) is 3.90. The molecule has 2 nitrogen and oxygen atoms in total. The Morgan fingerprint density at radius 2 is 1.95 bits per heavy atom. The molecule has 0 atom stereocenters. The summed E-state index contributed by atoms with van der Waals surface area (Å²) in [6.45, 7) is 0.791. The number of amides is 1. The number of rotatable bonds is 5. The zero-order valence-electron chi connectivity index (χ0n) is 12.0. The van der Waals surface area contributed by atoms with Crippen LogP contribution in [0, 0.1) is 0 Å². The highest BCUT2D eigenvalue weighted by atomic mass is 16.2. The Balaban J connectivity index is 1.53. The van der Waals surface area contributed by atoms with Crippen molar-refractivity contribution in [3.8, 4) is 0 Å². The summed E-state index contributed by atoms with van der Waals surface area (Å²) in [6, 6.07) is 10.2. The highest BCUT2D eigenvalue weighted by Gasteiger charge is 2.50. The summed E-state index contributed by atoms with van der Waals surface area (Å²) in [6.07, 6.45) is 10.4. The normalized spacial score (nSPS) is 20.1. The lowest BCUT2D eigenvalue weighted by molar-refractivity contribution is -0.123. The van der Waals surface area contributed by atoms with Gasteiger partial charge in [0.05, 0.1) is 5.41 Å². The van der Waals surface area contributed by atoms with Crippen molar-refractivity contribution in [3.63, 3.8) is 0 Å². The average Bonchev–Trinajstić information content (AvgIpc) is 3.31. The monoisotopic (exact) mass is 269 g/mol. The molecule has 1 saturated carbocycles. The van der Waals surface area contributed by atoms with E-state index < -0.39 is 0 Å². The second kappa shape index (κ2) is 5.82. The first kappa shape index (κ1) is 13.4. The second-order valence-corrected chi connectivity index (χ2v) is 6.06. The van der Waals surface area contributed by atoms with E-state index in [0.717, 1.165) is 25.8 Å². The molecule has 2 heteroatoms. The summed E-state index contributed by atoms with van der Waals surface area (Å²) in [5, 5.41) is 3.15. The third-order valence-electron chi connectivity index (χ3n) is 4.63. The third kappa shape index (κ3) is 2.79. The highest BCUT2D eigenvalue weighted by Crippen LogP contribution is 2.48. The Labute approximate surface area is 121 Å². The van der Waals surface area contributed by atoms with Crippen molar-refractivity contribution in [1.82, 2.24) is 5.32 Å². The van der Waals surface area contributed by atoms with E-state index in [4.69, 9.17) is 0 Å². The van der Waals surface area contributed by atoms with E-state index in [1.807, 2.05) is 18.2 Å². The number of hydrogen-bond donors (Lipinski definition) is 1. The van der Waals surface area contributed by atoms with Crippen LogP contribution in [0.5, 0.6) is 0 Å². The lowest BCUT2D eigenvalue weighted by Gasteiger charge is -2.17. The second-order valence-electron chi connectivity index (χ2n) is 6.06. The lowest BCUT2D eigenvalue weighted by Crippen LogP contribution is -2.35. The Bertz CT molecular complexity index is 499. The molecule has 0 heterocycles. The molecule has 0 bridgehead atoms. The zero-order chi connectivity index (χ0) is 13.8. The Morgan fingerprint density at radius 3 is 2.60 bits per heavy atom. The maximum atomic E-state index is 12.4. The number of benzene rings is 1. The van der Waals surface area contributed by atoms with Crippen molar-refractivity contribution in [1.29, 1.82) is 0 Å². The van der Waals surface area contributed by atoms with Crippen molar-refractivity contribution in [2.75, 3.05) is 6.54 Å². The van der Waals surface area contributed by atoms with Crippen molar-refractivity contribution in [2.45, 2.75) is 50.4 Å². The first-order valence-electron chi connectivity index (χ1n) is 7.83. The Morgan fingerprint density at radius 1 is 1.15 bits per heavy atom. The molecule has 0 aromatic heterocycles. The van der Waals surface area contributed by atoms with Crippen LogP contribution in [-0.4, -0.2) is 12.5 Å². The van der Waals surface area contributed by atoms with Crippen LogP contribution in [-0.2, 0) is 10.2 Å². The summed E-state index contributed by atoms with van der Waals surface area (Å²) in [4.78, 5) is 12.4. The van der Waals surface area contributed by atoms with E-state index in [2.05, 4.69) is 23.5 Å². The van der Waals surface area contributed by atoms with Crippen LogP contribution in [0.1, 0.15) is 50.5 Å². The molecule has 0 spiro atoms. The minimum atomic E-state index is -0.220. The number of allylic oxidation sites excluding steroid dienone is 1. The summed E-state index contributed by atoms with van der Waals surface area (Å²) in [7, 11) is 0. The van der Waals surface area contributed by atoms with Gasteiger partial charge in [0.25, 0.3) is 0 Å². The van der Waals surface area contributed by atoms with Gasteiger partial charge in [-0.3, -0.25) is 4.79 Å². The molecule has 1 aromatic carbocycles. The van der Waals surface area contributed by atoms with Crippen LogP contribution in [0.3, 0.4) is 0 Å². The predicted molar refractivity (Wildman–Crippen MR) is 81.5 cm³/mol. The molecular weight excluding hydrogens is 246 g/mol. The molecule has 0 unspecified atom stereocenters. The first-order valence-corrected chi connectivity index (χ1v) is 7.83. The van der Waals surface area contributed by atoms with Crippen LogP contribution in [0.4, 0.5) is 0 Å². The van der Waals surface area contributed by atoms with Crippen molar-refractivity contribution in [3.05, 3.63) is 47.5 Å². The first-order chi connectivity index (χ1) is 9.81. The quantitative estimate of drug-likeness (QED) is 0.811. The minimum absolute atomic E-state index is 0.220. The molecule has 1 amide bonds. The van der Waals surface area contributed by atoms with E-state index in [0.29, 0.717) is 0 Å². The smallest absolute Gasteiger partial charge is 0.230 e. The molecule has 0 radical (unpaired) electrons. The zero-order valence-corrected chi connectivity index (χ0v) is 12.0. The molecule has 20 heavy (non-hydrogen) atoms. The van der Waals surface area contributed by atoms with Gasteiger partial charge in [0.15, 0.2) is 0 Å². The molecule has 106 valence electrons. The summed E-state index contributed by atoms with van der Waals surface area (Å²) in [5.41, 5.74) is 2.48. The average molecular weight is 269 g/mol. The predicted octanol–water partition coefficient (Wildman–Crippen LogP) is 3.72. The van der Waals surface area contributed by atoms with Gasteiger partial charge in [-0.2, -0.15) is 0 Å². The molecule has 1 N–H and O–H groups in total. The lowest BCUT2D eigenvalue weighted by atomic mass is 9.94. The van der Waals surface area contributed by atoms with Crippen LogP contribution in [0.25, 0.3) is 0 Å². The van der Waals surface area contributed by atoms with E-state index in [-0.39, 0.29) is 11.3 Å². The van der Waals surface area contributed by atoms with Gasteiger partial charge in [-0.1, -0.05) is 42.0 Å². The van der Waals surface area contributed by atoms with Crippen LogP contribution < -0.4 is 5.32 Å². The largest absolute Gasteiger partial charge is 0.355 e. The van der Waals surface area contributed by atoms with E-state index >= 15 is 0 Å². The topological polar surface area (TPSA) is 29.1 Å². The van der Waals surface area contributed by atoms with E-state index in [9.17, 15) is 4.79 Å². The van der Waals surface area contributed by atoms with Gasteiger partial charge in [-0.05, 0) is 50.5 Å². The molecule has 1 aromatic rings. The standard InChI is InChI=1S/C18H23NO/c20-17(19-14-11-15-7-3-1-4-8-15)18(12-13-18)16-9-5-2-6-10-16/h2,5-7,9-10H,1,3-4,8,11-14H2,(H,19,20). The number of carbonyl (C=O) groups excluding carboxylic acids is 1. The van der Waals surface area contributed by atoms with Gasteiger partial charge in [0.2, 0.25) is 5.91 Å². The van der Waals surface area contributed by atoms with Crippen molar-refractivity contribution in [2.24, 2.45) is 0 Å². The molecule has 3 rings (SSSR count). The SMILES string of the molecule is O=C(NCCC1=CCCCC1)C1(c2ccccc2)CC1. The third-order valence-corrected chi connectivity index (χ3v) is 4.63. The van der Waals surface area contributed by atoms with Crippen molar-refractivity contribution >= 4 is 5.91 Å². The summed E-state index contributed by atoms with van der Waals surface area (Å²) in [5.74, 6) is 0.222. The van der Waals surface area contributed by atoms with Gasteiger partial charge in [0.1, 0.15) is 0 Å². The summed E-state index contributed by atoms with van der Waals surface area (Å²) < 4.78 is 0. The van der Waals surface area contributed by atoms with Gasteiger partial charge < -0.3 is 5.32 Å². The molecule has 2 aliphatic rings. The fourth-order valence-corrected chi connectivity index (χ4v) is 3.17. The van der Waals surface area contributed by atoms with Gasteiger partial charge in [0, 0.05) is 6.54 Å². The molecule has 2 aliphatic carbocycles. The van der Waals surface area contributed by atoms with Crippen LogP contribution in [0.2, 0.25) is 0 Å². The molecule has 1 fully saturated rings. The number of nitrogens with one attached hydrogen (secondary N) is 1. The van der Waals surface area contributed by atoms with Crippen LogP contribution >= 0.6 is 0 Å². The highest BCUT2D eigenvalue weighted by molar-refractivity contribution is 5.91. The minimum Gasteiger partial charge on any atom is -0.355 e.